The first-order valence-corrected chi connectivity index (χ1v) is 9.47. The molecule has 0 spiro atoms. The van der Waals surface area contributed by atoms with Gasteiger partial charge >= 0.3 is 0 Å². The first-order valence-electron chi connectivity index (χ1n) is 9.47. The molecule has 27 heavy (non-hydrogen) atoms. The molecule has 4 aromatic rings. The molecule has 2 aromatic heterocycles. The van der Waals surface area contributed by atoms with Crippen molar-refractivity contribution in [2.45, 2.75) is 25.7 Å². The van der Waals surface area contributed by atoms with E-state index in [2.05, 4.69) is 57.9 Å². The molecular weight excluding hydrogens is 336 g/mol. The van der Waals surface area contributed by atoms with Crippen LogP contribution in [0.4, 0.5) is 0 Å². The zero-order valence-electron chi connectivity index (χ0n) is 15.6. The standard InChI is InChI=1S/C21H22N6/c1-13-9-16(10-17-12-27(2)26-20(13)17)21-23-18-4-3-15(11-19(18)24-25-21)14-5-7-22-8-6-14/h3-4,9-12,14,22H,5-8H2,1-2H3. The third-order valence-electron chi connectivity index (χ3n) is 5.46. The summed E-state index contributed by atoms with van der Waals surface area (Å²) >= 11 is 0. The fourth-order valence-electron chi connectivity index (χ4n) is 4.04. The highest BCUT2D eigenvalue weighted by Gasteiger charge is 2.16. The summed E-state index contributed by atoms with van der Waals surface area (Å²) < 4.78 is 1.84. The summed E-state index contributed by atoms with van der Waals surface area (Å²) in [7, 11) is 1.94. The van der Waals surface area contributed by atoms with Crippen LogP contribution in [-0.4, -0.2) is 38.1 Å². The predicted octanol–water partition coefficient (Wildman–Crippen LogP) is 3.35. The summed E-state index contributed by atoms with van der Waals surface area (Å²) in [6, 6.07) is 10.6. The van der Waals surface area contributed by atoms with Gasteiger partial charge in [0.2, 0.25) is 0 Å². The number of aryl methyl sites for hydroxylation is 2. The maximum atomic E-state index is 4.77. The second kappa shape index (κ2) is 6.39. The van der Waals surface area contributed by atoms with Crippen LogP contribution in [0.2, 0.25) is 0 Å². The molecule has 0 unspecified atom stereocenters. The van der Waals surface area contributed by atoms with Gasteiger partial charge in [0.25, 0.3) is 0 Å². The van der Waals surface area contributed by atoms with Gasteiger partial charge in [0.15, 0.2) is 5.82 Å². The average molecular weight is 358 g/mol. The topological polar surface area (TPSA) is 68.5 Å². The van der Waals surface area contributed by atoms with Gasteiger partial charge in [-0.15, -0.1) is 10.2 Å². The average Bonchev–Trinajstić information content (AvgIpc) is 3.09. The van der Waals surface area contributed by atoms with Crippen molar-refractivity contribution in [2.24, 2.45) is 7.05 Å². The molecule has 3 heterocycles. The Morgan fingerprint density at radius 3 is 2.74 bits per heavy atom. The molecule has 1 fully saturated rings. The Morgan fingerprint density at radius 2 is 1.89 bits per heavy atom. The third kappa shape index (κ3) is 2.96. The van der Waals surface area contributed by atoms with Crippen molar-refractivity contribution in [1.82, 2.24) is 30.3 Å². The first-order chi connectivity index (χ1) is 13.2. The minimum Gasteiger partial charge on any atom is -0.317 e. The van der Waals surface area contributed by atoms with E-state index in [0.717, 1.165) is 46.2 Å². The van der Waals surface area contributed by atoms with Crippen LogP contribution in [0, 0.1) is 6.92 Å². The number of hydrogen-bond donors (Lipinski definition) is 1. The van der Waals surface area contributed by atoms with Crippen LogP contribution in [-0.2, 0) is 7.05 Å². The number of benzene rings is 2. The van der Waals surface area contributed by atoms with E-state index < -0.39 is 0 Å². The Bertz CT molecular complexity index is 1140. The van der Waals surface area contributed by atoms with Gasteiger partial charge in [0.1, 0.15) is 5.52 Å². The lowest BCUT2D eigenvalue weighted by Gasteiger charge is -2.23. The van der Waals surface area contributed by atoms with E-state index in [1.165, 1.54) is 18.4 Å². The Labute approximate surface area is 157 Å². The Kier molecular flexibility index (Phi) is 3.86. The SMILES string of the molecule is Cc1cc(-c2nnc3cc(C4CCNCC4)ccc3n2)cc2cn(C)nc12. The zero-order valence-corrected chi connectivity index (χ0v) is 15.6. The van der Waals surface area contributed by atoms with E-state index >= 15 is 0 Å². The molecule has 0 saturated carbocycles. The lowest BCUT2D eigenvalue weighted by Crippen LogP contribution is -2.26. The van der Waals surface area contributed by atoms with Crippen molar-refractivity contribution >= 4 is 21.9 Å². The number of hydrogen-bond acceptors (Lipinski definition) is 5. The van der Waals surface area contributed by atoms with Gasteiger partial charge < -0.3 is 5.32 Å². The second-order valence-corrected chi connectivity index (χ2v) is 7.44. The summed E-state index contributed by atoms with van der Waals surface area (Å²) in [5.74, 6) is 1.26. The molecule has 0 aliphatic carbocycles. The Hall–Kier alpha value is -2.86. The van der Waals surface area contributed by atoms with Crippen LogP contribution in [0.25, 0.3) is 33.3 Å². The second-order valence-electron chi connectivity index (χ2n) is 7.44. The van der Waals surface area contributed by atoms with E-state index in [1.54, 1.807) is 0 Å². The van der Waals surface area contributed by atoms with Crippen molar-refractivity contribution in [3.63, 3.8) is 0 Å². The van der Waals surface area contributed by atoms with E-state index in [0.29, 0.717) is 11.7 Å². The molecule has 1 aliphatic heterocycles. The number of aromatic nitrogens is 5. The minimum atomic E-state index is 0.604. The highest BCUT2D eigenvalue weighted by Crippen LogP contribution is 2.28. The summed E-state index contributed by atoms with van der Waals surface area (Å²) in [4.78, 5) is 4.77. The molecule has 0 bridgehead atoms. The van der Waals surface area contributed by atoms with Crippen LogP contribution in [0.3, 0.4) is 0 Å². The highest BCUT2D eigenvalue weighted by molar-refractivity contribution is 5.86. The maximum Gasteiger partial charge on any atom is 0.182 e. The zero-order chi connectivity index (χ0) is 18.4. The number of rotatable bonds is 2. The van der Waals surface area contributed by atoms with Gasteiger partial charge in [0.05, 0.1) is 11.0 Å². The Balaban J connectivity index is 1.54. The monoisotopic (exact) mass is 358 g/mol. The van der Waals surface area contributed by atoms with E-state index in [1.807, 2.05) is 17.9 Å². The molecule has 1 N–H and O–H groups in total. The van der Waals surface area contributed by atoms with Crippen LogP contribution in [0.1, 0.15) is 29.9 Å². The largest absolute Gasteiger partial charge is 0.317 e. The van der Waals surface area contributed by atoms with Crippen molar-refractivity contribution in [3.05, 3.63) is 47.7 Å². The molecule has 1 aliphatic rings. The number of fused-ring (bicyclic) bond motifs is 2. The van der Waals surface area contributed by atoms with E-state index in [4.69, 9.17) is 4.98 Å². The molecule has 0 atom stereocenters. The predicted molar refractivity (Wildman–Crippen MR) is 107 cm³/mol. The van der Waals surface area contributed by atoms with E-state index in [-0.39, 0.29) is 0 Å². The van der Waals surface area contributed by atoms with Crippen LogP contribution >= 0.6 is 0 Å². The minimum absolute atomic E-state index is 0.604. The lowest BCUT2D eigenvalue weighted by atomic mass is 9.90. The Morgan fingerprint density at radius 1 is 1.04 bits per heavy atom. The summed E-state index contributed by atoms with van der Waals surface area (Å²) in [6.07, 6.45) is 4.37. The highest BCUT2D eigenvalue weighted by atomic mass is 15.2. The van der Waals surface area contributed by atoms with Crippen LogP contribution in [0.5, 0.6) is 0 Å². The van der Waals surface area contributed by atoms with Crippen molar-refractivity contribution in [2.75, 3.05) is 13.1 Å². The molecule has 6 heteroatoms. The van der Waals surface area contributed by atoms with Gasteiger partial charge in [0, 0.05) is 24.2 Å². The van der Waals surface area contributed by atoms with Gasteiger partial charge in [-0.3, -0.25) is 4.68 Å². The van der Waals surface area contributed by atoms with Crippen LogP contribution < -0.4 is 5.32 Å². The van der Waals surface area contributed by atoms with Crippen LogP contribution in [0.15, 0.2) is 36.5 Å². The van der Waals surface area contributed by atoms with Gasteiger partial charge in [-0.1, -0.05) is 6.07 Å². The molecule has 136 valence electrons. The number of nitrogens with zero attached hydrogens (tertiary/aromatic N) is 5. The third-order valence-corrected chi connectivity index (χ3v) is 5.46. The molecule has 6 nitrogen and oxygen atoms in total. The van der Waals surface area contributed by atoms with Gasteiger partial charge in [-0.2, -0.15) is 5.10 Å². The van der Waals surface area contributed by atoms with Crippen molar-refractivity contribution in [1.29, 1.82) is 0 Å². The molecule has 0 amide bonds. The molecule has 2 aromatic carbocycles. The van der Waals surface area contributed by atoms with Crippen molar-refractivity contribution in [3.8, 4) is 11.4 Å². The smallest absolute Gasteiger partial charge is 0.182 e. The van der Waals surface area contributed by atoms with Gasteiger partial charge in [-0.05, 0) is 74.2 Å². The summed E-state index contributed by atoms with van der Waals surface area (Å²) in [6.45, 7) is 4.24. The molecule has 0 radical (unpaired) electrons. The fourth-order valence-corrected chi connectivity index (χ4v) is 4.04. The van der Waals surface area contributed by atoms with Gasteiger partial charge in [-0.25, -0.2) is 4.98 Å². The number of nitrogens with one attached hydrogen (secondary N) is 1. The molecular formula is C21H22N6. The maximum absolute atomic E-state index is 4.77. The molecule has 5 rings (SSSR count). The summed E-state index contributed by atoms with van der Waals surface area (Å²) in [5, 5.41) is 17.9. The lowest BCUT2D eigenvalue weighted by molar-refractivity contribution is 0.460. The normalized spacial score (nSPS) is 15.6. The number of piperidine rings is 1. The summed E-state index contributed by atoms with van der Waals surface area (Å²) in [5.41, 5.74) is 6.22. The van der Waals surface area contributed by atoms with E-state index in [9.17, 15) is 0 Å². The fraction of sp³-hybridized carbons (Fsp3) is 0.333. The van der Waals surface area contributed by atoms with Crippen molar-refractivity contribution < 1.29 is 0 Å². The quantitative estimate of drug-likeness (QED) is 0.595. The molecule has 1 saturated heterocycles. The first kappa shape index (κ1) is 16.3.